The molecule has 0 aliphatic carbocycles. The lowest BCUT2D eigenvalue weighted by Crippen LogP contribution is -2.24. The van der Waals surface area contributed by atoms with Crippen molar-refractivity contribution in [3.8, 4) is 11.1 Å². The lowest BCUT2D eigenvalue weighted by atomic mass is 10.0. The zero-order valence-electron chi connectivity index (χ0n) is 12.6. The van der Waals surface area contributed by atoms with E-state index in [2.05, 4.69) is 26.3 Å². The van der Waals surface area contributed by atoms with Crippen LogP contribution >= 0.6 is 15.9 Å². The molecule has 0 saturated carbocycles. The summed E-state index contributed by atoms with van der Waals surface area (Å²) in [6, 6.07) is 17.4. The summed E-state index contributed by atoms with van der Waals surface area (Å²) in [6.45, 7) is 1.82. The van der Waals surface area contributed by atoms with Crippen LogP contribution in [0.2, 0.25) is 0 Å². The molecule has 0 radical (unpaired) electrons. The lowest BCUT2D eigenvalue weighted by molar-refractivity contribution is -0.119. The molecular formula is C18H16BrN3O. The third-order valence-electron chi connectivity index (χ3n) is 3.62. The summed E-state index contributed by atoms with van der Waals surface area (Å²) in [5.41, 5.74) is 2.86. The molecule has 2 aromatic carbocycles. The van der Waals surface area contributed by atoms with Crippen LogP contribution in [0.1, 0.15) is 13.0 Å². The van der Waals surface area contributed by atoms with Gasteiger partial charge in [0.1, 0.15) is 6.04 Å². The second-order valence-corrected chi connectivity index (χ2v) is 6.13. The molecule has 0 aliphatic heterocycles. The van der Waals surface area contributed by atoms with Gasteiger partial charge in [-0.25, -0.2) is 0 Å². The van der Waals surface area contributed by atoms with Crippen molar-refractivity contribution in [2.24, 2.45) is 0 Å². The molecular weight excluding hydrogens is 354 g/mol. The highest BCUT2D eigenvalue weighted by Gasteiger charge is 2.17. The maximum Gasteiger partial charge on any atom is 0.248 e. The zero-order valence-corrected chi connectivity index (χ0v) is 14.2. The maximum atomic E-state index is 12.5. The van der Waals surface area contributed by atoms with Crippen LogP contribution in [0.3, 0.4) is 0 Å². The molecule has 23 heavy (non-hydrogen) atoms. The topological polar surface area (TPSA) is 46.9 Å². The second kappa shape index (κ2) is 6.79. The fraction of sp³-hybridized carbons (Fsp3) is 0.111. The minimum atomic E-state index is -0.398. The quantitative estimate of drug-likeness (QED) is 0.735. The molecule has 0 bridgehead atoms. The minimum Gasteiger partial charge on any atom is -0.324 e. The Hall–Kier alpha value is -2.40. The third kappa shape index (κ3) is 3.51. The molecule has 0 saturated heterocycles. The molecule has 1 N–H and O–H groups in total. The molecule has 1 atom stereocenters. The van der Waals surface area contributed by atoms with E-state index in [1.54, 1.807) is 17.1 Å². The van der Waals surface area contributed by atoms with Gasteiger partial charge < -0.3 is 5.32 Å². The first-order chi connectivity index (χ1) is 11.1. The SMILES string of the molecule is CC(C(=O)Nc1ccccc1-c1ccccc1)n1cc(Br)cn1. The van der Waals surface area contributed by atoms with Gasteiger partial charge in [0.2, 0.25) is 5.91 Å². The van der Waals surface area contributed by atoms with Crippen LogP contribution < -0.4 is 5.32 Å². The summed E-state index contributed by atoms with van der Waals surface area (Å²) in [5.74, 6) is -0.107. The number of halogens is 1. The highest BCUT2D eigenvalue weighted by Crippen LogP contribution is 2.28. The average molecular weight is 370 g/mol. The number of benzene rings is 2. The Bertz CT molecular complexity index is 814. The van der Waals surface area contributed by atoms with Crippen LogP contribution in [-0.2, 0) is 4.79 Å². The van der Waals surface area contributed by atoms with Crippen molar-refractivity contribution < 1.29 is 4.79 Å². The van der Waals surface area contributed by atoms with E-state index in [1.165, 1.54) is 0 Å². The number of para-hydroxylation sites is 1. The smallest absolute Gasteiger partial charge is 0.248 e. The van der Waals surface area contributed by atoms with Gasteiger partial charge in [0.25, 0.3) is 0 Å². The Labute approximate surface area is 143 Å². The van der Waals surface area contributed by atoms with Gasteiger partial charge in [0, 0.05) is 17.4 Å². The predicted molar refractivity (Wildman–Crippen MR) is 95.1 cm³/mol. The largest absolute Gasteiger partial charge is 0.324 e. The van der Waals surface area contributed by atoms with Crippen LogP contribution in [-0.4, -0.2) is 15.7 Å². The van der Waals surface area contributed by atoms with Gasteiger partial charge in [0.05, 0.1) is 10.7 Å². The molecule has 1 amide bonds. The summed E-state index contributed by atoms with van der Waals surface area (Å²) in [5, 5.41) is 7.17. The van der Waals surface area contributed by atoms with E-state index in [-0.39, 0.29) is 5.91 Å². The second-order valence-electron chi connectivity index (χ2n) is 5.22. The molecule has 0 fully saturated rings. The van der Waals surface area contributed by atoms with Crippen LogP contribution in [0.15, 0.2) is 71.5 Å². The number of hydrogen-bond donors (Lipinski definition) is 1. The van der Waals surface area contributed by atoms with E-state index in [9.17, 15) is 4.79 Å². The number of carbonyl (C=O) groups excluding carboxylic acids is 1. The fourth-order valence-corrected chi connectivity index (χ4v) is 2.65. The molecule has 1 unspecified atom stereocenters. The first-order valence-electron chi connectivity index (χ1n) is 7.30. The lowest BCUT2D eigenvalue weighted by Gasteiger charge is -2.15. The van der Waals surface area contributed by atoms with Gasteiger partial charge in [-0.05, 0) is 34.5 Å². The van der Waals surface area contributed by atoms with Crippen molar-refractivity contribution >= 4 is 27.5 Å². The summed E-state index contributed by atoms with van der Waals surface area (Å²) < 4.78 is 2.48. The minimum absolute atomic E-state index is 0.107. The summed E-state index contributed by atoms with van der Waals surface area (Å²) in [6.07, 6.45) is 3.45. The highest BCUT2D eigenvalue weighted by atomic mass is 79.9. The molecule has 0 spiro atoms. The fourth-order valence-electron chi connectivity index (χ4n) is 2.35. The van der Waals surface area contributed by atoms with Gasteiger partial charge in [-0.2, -0.15) is 5.10 Å². The van der Waals surface area contributed by atoms with E-state index in [1.807, 2.05) is 61.5 Å². The first kappa shape index (κ1) is 15.5. The van der Waals surface area contributed by atoms with Gasteiger partial charge in [-0.3, -0.25) is 9.48 Å². The van der Waals surface area contributed by atoms with Gasteiger partial charge in [-0.15, -0.1) is 0 Å². The van der Waals surface area contributed by atoms with Crippen LogP contribution in [0.25, 0.3) is 11.1 Å². The number of nitrogens with zero attached hydrogens (tertiary/aromatic N) is 2. The van der Waals surface area contributed by atoms with Crippen molar-refractivity contribution in [3.63, 3.8) is 0 Å². The van der Waals surface area contributed by atoms with Crippen molar-refractivity contribution in [1.82, 2.24) is 9.78 Å². The van der Waals surface area contributed by atoms with Crippen molar-refractivity contribution in [2.45, 2.75) is 13.0 Å². The Morgan fingerprint density at radius 2 is 1.83 bits per heavy atom. The van der Waals surface area contributed by atoms with Crippen molar-refractivity contribution in [1.29, 1.82) is 0 Å². The molecule has 0 aliphatic rings. The van der Waals surface area contributed by atoms with E-state index in [0.29, 0.717) is 0 Å². The molecule has 116 valence electrons. The maximum absolute atomic E-state index is 12.5. The highest BCUT2D eigenvalue weighted by molar-refractivity contribution is 9.10. The standard InChI is InChI=1S/C18H16BrN3O/c1-13(22-12-15(19)11-20-22)18(23)21-17-10-6-5-9-16(17)14-7-3-2-4-8-14/h2-13H,1H3,(H,21,23). The Balaban J connectivity index is 1.84. The molecule has 1 heterocycles. The van der Waals surface area contributed by atoms with Gasteiger partial charge >= 0.3 is 0 Å². The summed E-state index contributed by atoms with van der Waals surface area (Å²) >= 11 is 3.34. The van der Waals surface area contributed by atoms with Crippen LogP contribution in [0.4, 0.5) is 5.69 Å². The summed E-state index contributed by atoms with van der Waals surface area (Å²) in [4.78, 5) is 12.5. The number of amides is 1. The molecule has 1 aromatic heterocycles. The van der Waals surface area contributed by atoms with Crippen molar-refractivity contribution in [2.75, 3.05) is 5.32 Å². The molecule has 3 aromatic rings. The molecule has 3 rings (SSSR count). The Morgan fingerprint density at radius 3 is 2.52 bits per heavy atom. The monoisotopic (exact) mass is 369 g/mol. The van der Waals surface area contributed by atoms with Crippen molar-refractivity contribution in [3.05, 3.63) is 71.5 Å². The number of rotatable bonds is 4. The zero-order chi connectivity index (χ0) is 16.2. The first-order valence-corrected chi connectivity index (χ1v) is 8.09. The van der Waals surface area contributed by atoms with E-state index < -0.39 is 6.04 Å². The van der Waals surface area contributed by atoms with Gasteiger partial charge in [0.15, 0.2) is 0 Å². The number of hydrogen-bond acceptors (Lipinski definition) is 2. The average Bonchev–Trinajstić information content (AvgIpc) is 3.02. The third-order valence-corrected chi connectivity index (χ3v) is 4.03. The van der Waals surface area contributed by atoms with Crippen LogP contribution in [0.5, 0.6) is 0 Å². The number of nitrogens with one attached hydrogen (secondary N) is 1. The number of carbonyl (C=O) groups is 1. The molecule has 5 heteroatoms. The van der Waals surface area contributed by atoms with E-state index in [4.69, 9.17) is 0 Å². The number of aromatic nitrogens is 2. The number of anilines is 1. The predicted octanol–water partition coefficient (Wildman–Crippen LogP) is 4.51. The van der Waals surface area contributed by atoms with E-state index in [0.717, 1.165) is 21.3 Å². The normalized spacial score (nSPS) is 11.9. The molecule has 4 nitrogen and oxygen atoms in total. The Morgan fingerprint density at radius 1 is 1.13 bits per heavy atom. The summed E-state index contributed by atoms with van der Waals surface area (Å²) in [7, 11) is 0. The van der Waals surface area contributed by atoms with Gasteiger partial charge in [-0.1, -0.05) is 48.5 Å². The van der Waals surface area contributed by atoms with E-state index >= 15 is 0 Å². The van der Waals surface area contributed by atoms with Crippen LogP contribution in [0, 0.1) is 0 Å². The Kier molecular flexibility index (Phi) is 4.57.